The zero-order valence-electron chi connectivity index (χ0n) is 5.39. The van der Waals surface area contributed by atoms with Gasteiger partial charge in [0, 0.05) is 13.2 Å². The Hall–Kier alpha value is -0.790. The first kappa shape index (κ1) is 7.21. The van der Waals surface area contributed by atoms with Gasteiger partial charge in [0.25, 0.3) is 0 Å². The number of rotatable bonds is 3. The molecule has 0 radical (unpaired) electrons. The Labute approximate surface area is 50.3 Å². The van der Waals surface area contributed by atoms with E-state index in [9.17, 15) is 0 Å². The van der Waals surface area contributed by atoms with Crippen LogP contribution in [-0.2, 0) is 0 Å². The maximum atomic E-state index is 6.74. The first-order valence-electron chi connectivity index (χ1n) is 2.70. The van der Waals surface area contributed by atoms with E-state index in [2.05, 4.69) is 6.92 Å². The van der Waals surface area contributed by atoms with Crippen molar-refractivity contribution in [2.75, 3.05) is 7.05 Å². The van der Waals surface area contributed by atoms with Gasteiger partial charge in [0.1, 0.15) is 0 Å². The van der Waals surface area contributed by atoms with Gasteiger partial charge in [-0.15, -0.1) is 0 Å². The maximum absolute atomic E-state index is 6.74. The minimum Gasteiger partial charge on any atom is -0.343 e. The third-order valence-corrected chi connectivity index (χ3v) is 0.780. The highest BCUT2D eigenvalue weighted by Gasteiger charge is 1.75. The van der Waals surface area contributed by atoms with Gasteiger partial charge in [0.2, 0.25) is 0 Å². The van der Waals surface area contributed by atoms with Crippen LogP contribution >= 0.6 is 0 Å². The third kappa shape index (κ3) is 3.40. The predicted molar refractivity (Wildman–Crippen MR) is 36.0 cm³/mol. The summed E-state index contributed by atoms with van der Waals surface area (Å²) in [6.07, 6.45) is 6.17. The van der Waals surface area contributed by atoms with E-state index < -0.39 is 0 Å². The van der Waals surface area contributed by atoms with Gasteiger partial charge in [-0.2, -0.15) is 0 Å². The molecule has 0 aliphatic heterocycles. The van der Waals surface area contributed by atoms with Crippen LogP contribution in [0.2, 0.25) is 0 Å². The summed E-state index contributed by atoms with van der Waals surface area (Å²) < 4.78 is 0. The van der Waals surface area contributed by atoms with Crippen LogP contribution in [0.4, 0.5) is 0 Å². The number of nitrogens with zero attached hydrogens (tertiary/aromatic N) is 1. The monoisotopic (exact) mass is 112 g/mol. The highest BCUT2D eigenvalue weighted by molar-refractivity contribution is 5.51. The summed E-state index contributed by atoms with van der Waals surface area (Å²) in [6.45, 7) is 2.06. The van der Waals surface area contributed by atoms with Gasteiger partial charge in [-0.05, 0) is 6.42 Å². The lowest BCUT2D eigenvalue weighted by atomic mass is 10.5. The molecule has 0 amide bonds. The lowest BCUT2D eigenvalue weighted by Gasteiger charge is -2.01. The lowest BCUT2D eigenvalue weighted by Crippen LogP contribution is -2.04. The van der Waals surface area contributed by atoms with Crippen LogP contribution in [0.3, 0.4) is 0 Å². The number of hydrogen-bond donors (Lipinski definition) is 1. The molecular weight excluding hydrogens is 100 g/mol. The Morgan fingerprint density at radius 2 is 2.25 bits per heavy atom. The van der Waals surface area contributed by atoms with E-state index in [-0.39, 0.29) is 0 Å². The van der Waals surface area contributed by atoms with Crippen molar-refractivity contribution in [3.8, 4) is 0 Å². The Kier molecular flexibility index (Phi) is 3.94. The molecule has 0 heterocycles. The lowest BCUT2D eigenvalue weighted by molar-refractivity contribution is 0.701. The second kappa shape index (κ2) is 4.37. The Balaban J connectivity index is 3.35. The van der Waals surface area contributed by atoms with Crippen molar-refractivity contribution in [2.45, 2.75) is 13.3 Å². The van der Waals surface area contributed by atoms with Crippen LogP contribution in [0.15, 0.2) is 12.3 Å². The van der Waals surface area contributed by atoms with E-state index >= 15 is 0 Å². The molecule has 0 atom stereocenters. The summed E-state index contributed by atoms with van der Waals surface area (Å²) in [5.74, 6) is 0. The molecule has 1 N–H and O–H groups in total. The molecule has 0 aromatic rings. The molecule has 46 valence electrons. The fourth-order valence-corrected chi connectivity index (χ4v) is 0.315. The molecule has 0 aliphatic carbocycles. The summed E-state index contributed by atoms with van der Waals surface area (Å²) in [7, 11) is 1.83. The average Bonchev–Trinajstić information content (AvgIpc) is 1.83. The quantitative estimate of drug-likeness (QED) is 0.434. The molecule has 0 rings (SSSR count). The first-order chi connectivity index (χ1) is 3.81. The standard InChI is InChI=1S/C6H12N2/c1-3-4-5-8(2)6-7/h4-7H,3H2,1-2H3/b5-4+,7-6?. The van der Waals surface area contributed by atoms with Crippen LogP contribution in [0.5, 0.6) is 0 Å². The molecule has 8 heavy (non-hydrogen) atoms. The van der Waals surface area contributed by atoms with Gasteiger partial charge in [-0.1, -0.05) is 13.0 Å². The molecule has 0 saturated heterocycles. The predicted octanol–water partition coefficient (Wildman–Crippen LogP) is 1.45. The summed E-state index contributed by atoms with van der Waals surface area (Å²) >= 11 is 0. The molecule has 0 saturated carbocycles. The van der Waals surface area contributed by atoms with Crippen molar-refractivity contribution in [1.29, 1.82) is 5.41 Å². The maximum Gasteiger partial charge on any atom is 0.0854 e. The molecule has 0 spiro atoms. The highest BCUT2D eigenvalue weighted by Crippen LogP contribution is 1.81. The molecular formula is C6H12N2. The van der Waals surface area contributed by atoms with Crippen molar-refractivity contribution in [3.05, 3.63) is 12.3 Å². The third-order valence-electron chi connectivity index (χ3n) is 0.780. The molecule has 0 bridgehead atoms. The van der Waals surface area contributed by atoms with E-state index in [0.717, 1.165) is 6.42 Å². The number of hydrogen-bond acceptors (Lipinski definition) is 1. The largest absolute Gasteiger partial charge is 0.343 e. The zero-order chi connectivity index (χ0) is 6.41. The van der Waals surface area contributed by atoms with E-state index in [0.29, 0.717) is 0 Å². The van der Waals surface area contributed by atoms with Gasteiger partial charge in [-0.3, -0.25) is 5.41 Å². The normalized spacial score (nSPS) is 9.75. The minimum atomic E-state index is 1.03. The molecule has 0 aromatic heterocycles. The second-order valence-corrected chi connectivity index (χ2v) is 1.59. The van der Waals surface area contributed by atoms with Crippen molar-refractivity contribution in [2.24, 2.45) is 0 Å². The average molecular weight is 112 g/mol. The second-order valence-electron chi connectivity index (χ2n) is 1.59. The van der Waals surface area contributed by atoms with Crippen LogP contribution in [0.1, 0.15) is 13.3 Å². The number of nitrogens with one attached hydrogen (secondary N) is 1. The molecule has 2 nitrogen and oxygen atoms in total. The highest BCUT2D eigenvalue weighted by atomic mass is 15.1. The molecule has 0 aliphatic rings. The Morgan fingerprint density at radius 1 is 1.62 bits per heavy atom. The van der Waals surface area contributed by atoms with Crippen LogP contribution < -0.4 is 0 Å². The van der Waals surface area contributed by atoms with Gasteiger partial charge < -0.3 is 4.90 Å². The Morgan fingerprint density at radius 3 is 2.62 bits per heavy atom. The van der Waals surface area contributed by atoms with Crippen LogP contribution in [0.25, 0.3) is 0 Å². The van der Waals surface area contributed by atoms with E-state index in [1.807, 2.05) is 19.3 Å². The van der Waals surface area contributed by atoms with Gasteiger partial charge in [0.15, 0.2) is 0 Å². The van der Waals surface area contributed by atoms with Crippen LogP contribution in [0, 0.1) is 5.41 Å². The van der Waals surface area contributed by atoms with E-state index in [4.69, 9.17) is 5.41 Å². The summed E-state index contributed by atoms with van der Waals surface area (Å²) in [6, 6.07) is 0. The summed E-state index contributed by atoms with van der Waals surface area (Å²) in [4.78, 5) is 1.70. The first-order valence-corrected chi connectivity index (χ1v) is 2.70. The molecule has 0 fully saturated rings. The minimum absolute atomic E-state index is 1.03. The zero-order valence-corrected chi connectivity index (χ0v) is 5.39. The van der Waals surface area contributed by atoms with E-state index in [1.165, 1.54) is 6.34 Å². The molecule has 2 heteroatoms. The summed E-state index contributed by atoms with van der Waals surface area (Å²) in [5, 5.41) is 6.74. The number of allylic oxidation sites excluding steroid dienone is 1. The Bertz CT molecular complexity index is 86.5. The van der Waals surface area contributed by atoms with E-state index in [1.54, 1.807) is 4.90 Å². The van der Waals surface area contributed by atoms with Crippen molar-refractivity contribution < 1.29 is 0 Å². The van der Waals surface area contributed by atoms with Crippen molar-refractivity contribution >= 4 is 6.34 Å². The van der Waals surface area contributed by atoms with Crippen molar-refractivity contribution in [1.82, 2.24) is 4.90 Å². The fourth-order valence-electron chi connectivity index (χ4n) is 0.315. The van der Waals surface area contributed by atoms with Gasteiger partial charge >= 0.3 is 0 Å². The van der Waals surface area contributed by atoms with Crippen LogP contribution in [-0.4, -0.2) is 18.3 Å². The van der Waals surface area contributed by atoms with Crippen molar-refractivity contribution in [3.63, 3.8) is 0 Å². The molecule has 0 aromatic carbocycles. The van der Waals surface area contributed by atoms with Gasteiger partial charge in [-0.25, -0.2) is 0 Å². The SMILES string of the molecule is CC/C=C/N(C)C=N. The summed E-state index contributed by atoms with van der Waals surface area (Å²) in [5.41, 5.74) is 0. The van der Waals surface area contributed by atoms with Gasteiger partial charge in [0.05, 0.1) is 6.34 Å². The molecule has 0 unspecified atom stereocenters. The topological polar surface area (TPSA) is 27.1 Å². The fraction of sp³-hybridized carbons (Fsp3) is 0.500. The smallest absolute Gasteiger partial charge is 0.0854 e.